The van der Waals surface area contributed by atoms with E-state index in [1.165, 1.54) is 17.3 Å². The Kier molecular flexibility index (Phi) is 5.31. The number of aryl methyl sites for hydroxylation is 1. The molecule has 1 aromatic heterocycles. The Hall–Kier alpha value is -2.62. The van der Waals surface area contributed by atoms with E-state index in [2.05, 4.69) is 34.3 Å². The second-order valence-corrected chi connectivity index (χ2v) is 5.35. The van der Waals surface area contributed by atoms with E-state index >= 15 is 0 Å². The third kappa shape index (κ3) is 4.45. The summed E-state index contributed by atoms with van der Waals surface area (Å²) in [4.78, 5) is 17.9. The van der Waals surface area contributed by atoms with E-state index in [-0.39, 0.29) is 5.91 Å². The second kappa shape index (κ2) is 7.41. The zero-order chi connectivity index (χ0) is 15.9. The summed E-state index contributed by atoms with van der Waals surface area (Å²) in [6.45, 7) is 2.59. The van der Waals surface area contributed by atoms with Crippen molar-refractivity contribution in [2.45, 2.75) is 13.5 Å². The lowest BCUT2D eigenvalue weighted by atomic mass is 10.1. The Morgan fingerprint density at radius 1 is 1.32 bits per heavy atom. The van der Waals surface area contributed by atoms with Crippen LogP contribution in [0.25, 0.3) is 6.08 Å². The lowest BCUT2D eigenvalue weighted by Crippen LogP contribution is -2.20. The summed E-state index contributed by atoms with van der Waals surface area (Å²) in [5.74, 6) is -0.113. The molecule has 0 radical (unpaired) electrons. The number of amides is 1. The van der Waals surface area contributed by atoms with Gasteiger partial charge in [0.2, 0.25) is 5.91 Å². The summed E-state index contributed by atoms with van der Waals surface area (Å²) in [6.07, 6.45) is 6.70. The summed E-state index contributed by atoms with van der Waals surface area (Å²) in [5.41, 5.74) is 4.38. The van der Waals surface area contributed by atoms with Gasteiger partial charge in [0.05, 0.1) is 0 Å². The predicted octanol–water partition coefficient (Wildman–Crippen LogP) is 2.79. The normalized spacial score (nSPS) is 10.7. The minimum absolute atomic E-state index is 0.113. The van der Waals surface area contributed by atoms with Crippen LogP contribution >= 0.6 is 0 Å². The predicted molar refractivity (Wildman–Crippen MR) is 90.6 cm³/mol. The summed E-state index contributed by atoms with van der Waals surface area (Å²) < 4.78 is 0. The first-order chi connectivity index (χ1) is 10.6. The van der Waals surface area contributed by atoms with E-state index in [0.29, 0.717) is 6.54 Å². The van der Waals surface area contributed by atoms with Gasteiger partial charge in [-0.2, -0.15) is 0 Å². The fourth-order valence-electron chi connectivity index (χ4n) is 2.22. The smallest absolute Gasteiger partial charge is 0.244 e. The highest BCUT2D eigenvalue weighted by Gasteiger charge is 2.03. The molecular weight excluding hydrogens is 274 g/mol. The SMILES string of the molecule is Cc1cc(CNC(=O)/C=C\c2cccnc2)ccc1N(C)C. The van der Waals surface area contributed by atoms with Gasteiger partial charge in [0, 0.05) is 44.8 Å². The summed E-state index contributed by atoms with van der Waals surface area (Å²) in [5, 5.41) is 2.89. The van der Waals surface area contributed by atoms with Crippen molar-refractivity contribution < 1.29 is 4.79 Å². The molecule has 0 saturated carbocycles. The van der Waals surface area contributed by atoms with Crippen LogP contribution in [0.4, 0.5) is 5.69 Å². The molecule has 0 unspecified atom stereocenters. The van der Waals surface area contributed by atoms with Gasteiger partial charge in [0.25, 0.3) is 0 Å². The number of anilines is 1. The molecule has 0 aliphatic heterocycles. The highest BCUT2D eigenvalue weighted by atomic mass is 16.1. The Balaban J connectivity index is 1.91. The van der Waals surface area contributed by atoms with Crippen molar-refractivity contribution in [3.63, 3.8) is 0 Å². The van der Waals surface area contributed by atoms with Gasteiger partial charge in [0.15, 0.2) is 0 Å². The standard InChI is InChI=1S/C18H21N3O/c1-14-11-16(6-8-17(14)21(2)3)13-20-18(22)9-7-15-5-4-10-19-12-15/h4-12H,13H2,1-3H3,(H,20,22)/b9-7-. The molecule has 1 aromatic carbocycles. The lowest BCUT2D eigenvalue weighted by molar-refractivity contribution is -0.116. The topological polar surface area (TPSA) is 45.2 Å². The average Bonchev–Trinajstić information content (AvgIpc) is 2.51. The minimum Gasteiger partial charge on any atom is -0.377 e. The third-order valence-corrected chi connectivity index (χ3v) is 3.32. The van der Waals surface area contributed by atoms with Crippen LogP contribution in [-0.4, -0.2) is 25.0 Å². The van der Waals surface area contributed by atoms with Gasteiger partial charge in [-0.1, -0.05) is 18.2 Å². The first-order valence-electron chi connectivity index (χ1n) is 7.19. The number of carbonyl (C=O) groups excluding carboxylic acids is 1. The Morgan fingerprint density at radius 3 is 2.77 bits per heavy atom. The van der Waals surface area contributed by atoms with Gasteiger partial charge in [-0.05, 0) is 41.8 Å². The van der Waals surface area contributed by atoms with Crippen LogP contribution in [0, 0.1) is 6.92 Å². The highest BCUT2D eigenvalue weighted by Crippen LogP contribution is 2.18. The van der Waals surface area contributed by atoms with Gasteiger partial charge in [-0.3, -0.25) is 9.78 Å². The van der Waals surface area contributed by atoms with Crippen molar-refractivity contribution in [3.8, 4) is 0 Å². The minimum atomic E-state index is -0.113. The zero-order valence-corrected chi connectivity index (χ0v) is 13.2. The lowest BCUT2D eigenvalue weighted by Gasteiger charge is -2.16. The van der Waals surface area contributed by atoms with E-state index in [4.69, 9.17) is 0 Å². The van der Waals surface area contributed by atoms with Gasteiger partial charge in [0.1, 0.15) is 0 Å². The van der Waals surface area contributed by atoms with E-state index in [9.17, 15) is 4.79 Å². The summed E-state index contributed by atoms with van der Waals surface area (Å²) >= 11 is 0. The quantitative estimate of drug-likeness (QED) is 0.863. The van der Waals surface area contributed by atoms with Crippen molar-refractivity contribution in [1.82, 2.24) is 10.3 Å². The van der Waals surface area contributed by atoms with Crippen molar-refractivity contribution in [3.05, 3.63) is 65.5 Å². The van der Waals surface area contributed by atoms with E-state index in [1.807, 2.05) is 32.3 Å². The van der Waals surface area contributed by atoms with Crippen molar-refractivity contribution in [2.24, 2.45) is 0 Å². The van der Waals surface area contributed by atoms with Crippen LogP contribution in [0.1, 0.15) is 16.7 Å². The number of pyridine rings is 1. The number of rotatable bonds is 5. The summed E-state index contributed by atoms with van der Waals surface area (Å²) in [7, 11) is 4.04. The molecule has 1 N–H and O–H groups in total. The molecule has 0 bridgehead atoms. The van der Waals surface area contributed by atoms with Crippen LogP contribution in [0.5, 0.6) is 0 Å². The van der Waals surface area contributed by atoms with Crippen molar-refractivity contribution in [2.75, 3.05) is 19.0 Å². The number of carbonyl (C=O) groups is 1. The summed E-state index contributed by atoms with van der Waals surface area (Å²) in [6, 6.07) is 9.95. The van der Waals surface area contributed by atoms with Gasteiger partial charge >= 0.3 is 0 Å². The fourth-order valence-corrected chi connectivity index (χ4v) is 2.22. The maximum absolute atomic E-state index is 11.8. The molecule has 0 aliphatic rings. The Bertz CT molecular complexity index is 663. The molecule has 2 aromatic rings. The number of hydrogen-bond donors (Lipinski definition) is 1. The van der Waals surface area contributed by atoms with Crippen molar-refractivity contribution >= 4 is 17.7 Å². The monoisotopic (exact) mass is 295 g/mol. The molecule has 1 heterocycles. The molecule has 114 valence electrons. The van der Waals surface area contributed by atoms with Crippen LogP contribution in [0.2, 0.25) is 0 Å². The molecule has 4 heteroatoms. The third-order valence-electron chi connectivity index (χ3n) is 3.32. The molecule has 0 saturated heterocycles. The first kappa shape index (κ1) is 15.8. The molecule has 0 atom stereocenters. The number of nitrogens with zero attached hydrogens (tertiary/aromatic N) is 2. The van der Waals surface area contributed by atoms with E-state index < -0.39 is 0 Å². The van der Waals surface area contributed by atoms with E-state index in [0.717, 1.165) is 11.1 Å². The van der Waals surface area contributed by atoms with Crippen LogP contribution in [0.15, 0.2) is 48.8 Å². The first-order valence-corrected chi connectivity index (χ1v) is 7.19. The maximum Gasteiger partial charge on any atom is 0.244 e. The fraction of sp³-hybridized carbons (Fsp3) is 0.222. The number of nitrogens with one attached hydrogen (secondary N) is 1. The molecule has 1 amide bonds. The Labute approximate surface area is 131 Å². The second-order valence-electron chi connectivity index (χ2n) is 5.35. The molecule has 4 nitrogen and oxygen atoms in total. The van der Waals surface area contributed by atoms with Crippen LogP contribution in [-0.2, 0) is 11.3 Å². The molecule has 0 fully saturated rings. The number of hydrogen-bond acceptors (Lipinski definition) is 3. The van der Waals surface area contributed by atoms with Gasteiger partial charge in [-0.15, -0.1) is 0 Å². The molecule has 2 rings (SSSR count). The van der Waals surface area contributed by atoms with Crippen LogP contribution < -0.4 is 10.2 Å². The zero-order valence-electron chi connectivity index (χ0n) is 13.2. The molecule has 0 spiro atoms. The molecule has 22 heavy (non-hydrogen) atoms. The van der Waals surface area contributed by atoms with Gasteiger partial charge < -0.3 is 10.2 Å². The maximum atomic E-state index is 11.8. The molecular formula is C18H21N3O. The highest BCUT2D eigenvalue weighted by molar-refractivity contribution is 5.91. The average molecular weight is 295 g/mol. The Morgan fingerprint density at radius 2 is 2.14 bits per heavy atom. The van der Waals surface area contributed by atoms with Gasteiger partial charge in [-0.25, -0.2) is 0 Å². The van der Waals surface area contributed by atoms with Crippen molar-refractivity contribution in [1.29, 1.82) is 0 Å². The molecule has 0 aliphatic carbocycles. The van der Waals surface area contributed by atoms with Crippen LogP contribution in [0.3, 0.4) is 0 Å². The number of aromatic nitrogens is 1. The van der Waals surface area contributed by atoms with E-state index in [1.54, 1.807) is 18.5 Å². The largest absolute Gasteiger partial charge is 0.377 e. The number of benzene rings is 1.